The molecule has 1 aromatic carbocycles. The number of hydrogen-bond donors (Lipinski definition) is 1. The Kier molecular flexibility index (Phi) is 8.32. The number of allylic oxidation sites excluding steroid dienone is 3. The summed E-state index contributed by atoms with van der Waals surface area (Å²) in [7, 11) is 0. The molecular formula is C26H38N2. The third-order valence-electron chi connectivity index (χ3n) is 6.17. The molecule has 1 spiro atoms. The maximum absolute atomic E-state index is 4.21. The summed E-state index contributed by atoms with van der Waals surface area (Å²) in [6.45, 7) is 22.0. The van der Waals surface area contributed by atoms with E-state index in [2.05, 4.69) is 75.0 Å². The Hall–Kier alpha value is -2.06. The van der Waals surface area contributed by atoms with Gasteiger partial charge in [-0.2, -0.15) is 0 Å². The SMILES string of the molecule is C=CC1=C(C=C)C2(CCN(CC)CC2)C(=C)N1.CCCCc1ccc(C)cc1. The van der Waals surface area contributed by atoms with Gasteiger partial charge in [0.2, 0.25) is 0 Å². The first-order chi connectivity index (χ1) is 13.5. The number of aryl methyl sites for hydroxylation is 2. The van der Waals surface area contributed by atoms with Crippen molar-refractivity contribution < 1.29 is 0 Å². The first-order valence-corrected chi connectivity index (χ1v) is 10.7. The molecular weight excluding hydrogens is 340 g/mol. The average Bonchev–Trinajstić information content (AvgIpc) is 2.99. The molecule has 1 aromatic rings. The summed E-state index contributed by atoms with van der Waals surface area (Å²) in [5.74, 6) is 0. The van der Waals surface area contributed by atoms with Gasteiger partial charge < -0.3 is 10.2 Å². The Morgan fingerprint density at radius 1 is 1.07 bits per heavy atom. The predicted octanol–water partition coefficient (Wildman–Crippen LogP) is 6.17. The summed E-state index contributed by atoms with van der Waals surface area (Å²) in [6.07, 6.45) is 9.94. The minimum Gasteiger partial charge on any atom is -0.358 e. The van der Waals surface area contributed by atoms with Crippen LogP contribution in [0.15, 0.2) is 73.1 Å². The summed E-state index contributed by atoms with van der Waals surface area (Å²) in [5.41, 5.74) is 6.42. The lowest BCUT2D eigenvalue weighted by Crippen LogP contribution is -2.41. The molecule has 0 saturated carbocycles. The number of piperidine rings is 1. The molecule has 2 aliphatic rings. The Morgan fingerprint density at radius 3 is 2.21 bits per heavy atom. The summed E-state index contributed by atoms with van der Waals surface area (Å²) < 4.78 is 0. The van der Waals surface area contributed by atoms with Gasteiger partial charge in [0, 0.05) is 16.8 Å². The van der Waals surface area contributed by atoms with Crippen molar-refractivity contribution >= 4 is 0 Å². The third kappa shape index (κ3) is 5.05. The molecule has 0 atom stereocenters. The maximum atomic E-state index is 4.21. The zero-order chi connectivity index (χ0) is 20.6. The Balaban J connectivity index is 0.000000221. The fraction of sp³-hybridized carbons (Fsp3) is 0.462. The van der Waals surface area contributed by atoms with Crippen LogP contribution in [0.5, 0.6) is 0 Å². The number of hydrogen-bond acceptors (Lipinski definition) is 2. The van der Waals surface area contributed by atoms with Crippen molar-refractivity contribution in [1.82, 2.24) is 10.2 Å². The number of rotatable bonds is 6. The van der Waals surface area contributed by atoms with Crippen molar-refractivity contribution in [3.8, 4) is 0 Å². The summed E-state index contributed by atoms with van der Waals surface area (Å²) >= 11 is 0. The van der Waals surface area contributed by atoms with E-state index in [-0.39, 0.29) is 5.41 Å². The Labute approximate surface area is 172 Å². The highest BCUT2D eigenvalue weighted by atomic mass is 15.1. The van der Waals surface area contributed by atoms with E-state index < -0.39 is 0 Å². The lowest BCUT2D eigenvalue weighted by Gasteiger charge is -2.40. The van der Waals surface area contributed by atoms with Crippen LogP contribution in [0.4, 0.5) is 0 Å². The van der Waals surface area contributed by atoms with Gasteiger partial charge in [-0.05, 0) is 69.5 Å². The van der Waals surface area contributed by atoms with Gasteiger partial charge in [0.25, 0.3) is 0 Å². The monoisotopic (exact) mass is 378 g/mol. The van der Waals surface area contributed by atoms with Crippen LogP contribution < -0.4 is 5.32 Å². The molecule has 3 rings (SSSR count). The van der Waals surface area contributed by atoms with E-state index in [0.29, 0.717) is 0 Å². The van der Waals surface area contributed by atoms with Crippen molar-refractivity contribution in [2.45, 2.75) is 52.9 Å². The van der Waals surface area contributed by atoms with E-state index in [9.17, 15) is 0 Å². The molecule has 28 heavy (non-hydrogen) atoms. The molecule has 152 valence electrons. The van der Waals surface area contributed by atoms with Gasteiger partial charge in [-0.25, -0.2) is 0 Å². The molecule has 1 saturated heterocycles. The fourth-order valence-corrected chi connectivity index (χ4v) is 4.19. The second-order valence-corrected chi connectivity index (χ2v) is 7.94. The number of likely N-dealkylation sites (tertiary alicyclic amines) is 1. The number of nitrogens with one attached hydrogen (secondary N) is 1. The molecule has 1 fully saturated rings. The normalized spacial score (nSPS) is 18.5. The molecule has 2 aliphatic heterocycles. The van der Waals surface area contributed by atoms with Crippen LogP contribution in [0.3, 0.4) is 0 Å². The highest BCUT2D eigenvalue weighted by Crippen LogP contribution is 2.49. The van der Waals surface area contributed by atoms with Crippen LogP contribution in [0.25, 0.3) is 0 Å². The summed E-state index contributed by atoms with van der Waals surface area (Å²) in [5, 5.41) is 3.38. The van der Waals surface area contributed by atoms with E-state index in [1.165, 1.54) is 36.0 Å². The van der Waals surface area contributed by atoms with E-state index in [4.69, 9.17) is 0 Å². The van der Waals surface area contributed by atoms with Crippen LogP contribution >= 0.6 is 0 Å². The minimum atomic E-state index is 0.0942. The second kappa shape index (κ2) is 10.5. The second-order valence-electron chi connectivity index (χ2n) is 7.94. The van der Waals surface area contributed by atoms with E-state index >= 15 is 0 Å². The molecule has 0 radical (unpaired) electrons. The van der Waals surface area contributed by atoms with Crippen LogP contribution in [0, 0.1) is 12.3 Å². The largest absolute Gasteiger partial charge is 0.358 e. The van der Waals surface area contributed by atoms with Crippen molar-refractivity contribution in [2.24, 2.45) is 5.41 Å². The smallest absolute Gasteiger partial charge is 0.0418 e. The topological polar surface area (TPSA) is 15.3 Å². The highest BCUT2D eigenvalue weighted by molar-refractivity contribution is 5.49. The molecule has 0 amide bonds. The van der Waals surface area contributed by atoms with Gasteiger partial charge in [0.15, 0.2) is 0 Å². The molecule has 0 unspecified atom stereocenters. The Bertz CT molecular complexity index is 700. The highest BCUT2D eigenvalue weighted by Gasteiger charge is 2.44. The van der Waals surface area contributed by atoms with E-state index in [0.717, 1.165) is 43.9 Å². The number of benzene rings is 1. The van der Waals surface area contributed by atoms with Crippen molar-refractivity contribution in [1.29, 1.82) is 0 Å². The van der Waals surface area contributed by atoms with Gasteiger partial charge in [-0.15, -0.1) is 0 Å². The number of nitrogens with zero attached hydrogens (tertiary/aromatic N) is 1. The zero-order valence-corrected chi connectivity index (χ0v) is 18.2. The number of unbranched alkanes of at least 4 members (excludes halogenated alkanes) is 1. The van der Waals surface area contributed by atoms with Crippen molar-refractivity contribution in [2.75, 3.05) is 19.6 Å². The molecule has 0 aromatic heterocycles. The van der Waals surface area contributed by atoms with Gasteiger partial charge in [-0.3, -0.25) is 0 Å². The van der Waals surface area contributed by atoms with Gasteiger partial charge in [-0.1, -0.05) is 75.9 Å². The van der Waals surface area contributed by atoms with Crippen LogP contribution in [0.1, 0.15) is 50.7 Å². The molecule has 0 aliphatic carbocycles. The first-order valence-electron chi connectivity index (χ1n) is 10.7. The van der Waals surface area contributed by atoms with Crippen LogP contribution in [-0.4, -0.2) is 24.5 Å². The molecule has 2 nitrogen and oxygen atoms in total. The summed E-state index contributed by atoms with van der Waals surface area (Å²) in [4.78, 5) is 2.49. The molecule has 2 heteroatoms. The van der Waals surface area contributed by atoms with Crippen LogP contribution in [-0.2, 0) is 6.42 Å². The van der Waals surface area contributed by atoms with Gasteiger partial charge >= 0.3 is 0 Å². The van der Waals surface area contributed by atoms with Crippen LogP contribution in [0.2, 0.25) is 0 Å². The third-order valence-corrected chi connectivity index (χ3v) is 6.17. The van der Waals surface area contributed by atoms with Crippen molar-refractivity contribution in [3.63, 3.8) is 0 Å². The lowest BCUT2D eigenvalue weighted by atomic mass is 9.71. The first kappa shape index (κ1) is 22.2. The van der Waals surface area contributed by atoms with E-state index in [1.807, 2.05) is 12.2 Å². The van der Waals surface area contributed by atoms with Gasteiger partial charge in [0.1, 0.15) is 0 Å². The molecule has 0 bridgehead atoms. The van der Waals surface area contributed by atoms with Crippen molar-refractivity contribution in [3.05, 3.63) is 84.2 Å². The van der Waals surface area contributed by atoms with Gasteiger partial charge in [0.05, 0.1) is 0 Å². The predicted molar refractivity (Wildman–Crippen MR) is 123 cm³/mol. The quantitative estimate of drug-likeness (QED) is 0.637. The molecule has 2 heterocycles. The zero-order valence-electron chi connectivity index (χ0n) is 18.2. The maximum Gasteiger partial charge on any atom is 0.0418 e. The average molecular weight is 379 g/mol. The minimum absolute atomic E-state index is 0.0942. The standard InChI is InChI=1S/C15H22N2.C11H16/c1-5-13-14(6-2)16-12(4)15(13)8-10-17(7-3)11-9-15;1-3-4-5-11-8-6-10(2)7-9-11/h5-6,16H,1-2,4,7-11H2,3H3;6-9H,3-5H2,1-2H3. The molecule has 1 N–H and O–H groups in total. The lowest BCUT2D eigenvalue weighted by molar-refractivity contribution is 0.165. The summed E-state index contributed by atoms with van der Waals surface area (Å²) in [6, 6.07) is 8.83. The van der Waals surface area contributed by atoms with E-state index in [1.54, 1.807) is 0 Å². The fourth-order valence-electron chi connectivity index (χ4n) is 4.19. The Morgan fingerprint density at radius 2 is 1.71 bits per heavy atom.